The molecule has 4 amide bonds. The lowest BCUT2D eigenvalue weighted by Crippen LogP contribution is -2.56. The molecule has 0 radical (unpaired) electrons. The van der Waals surface area contributed by atoms with Crippen LogP contribution in [0.2, 0.25) is 0 Å². The summed E-state index contributed by atoms with van der Waals surface area (Å²) in [6.07, 6.45) is -5.62. The van der Waals surface area contributed by atoms with Crippen LogP contribution < -0.4 is 20.7 Å². The molecule has 0 saturated carbocycles. The summed E-state index contributed by atoms with van der Waals surface area (Å²) >= 11 is 0. The fourth-order valence-electron chi connectivity index (χ4n) is 4.59. The molecule has 0 bridgehead atoms. The minimum atomic E-state index is -1.77. The number of anilines is 3. The van der Waals surface area contributed by atoms with E-state index in [1.807, 2.05) is 0 Å². The number of hydrogen-bond acceptors (Lipinski definition) is 11. The Balaban J connectivity index is 1.91. The van der Waals surface area contributed by atoms with Gasteiger partial charge >= 0.3 is 18.2 Å². The number of hydrogen-bond donors (Lipinski definition) is 2. The van der Waals surface area contributed by atoms with Crippen molar-refractivity contribution < 1.29 is 52.0 Å². The first-order chi connectivity index (χ1) is 22.6. The average molecular weight is 689 g/mol. The van der Waals surface area contributed by atoms with Gasteiger partial charge in [-0.3, -0.25) is 14.4 Å². The molecule has 15 heteroatoms. The van der Waals surface area contributed by atoms with Gasteiger partial charge in [-0.15, -0.1) is 0 Å². The molecule has 2 aromatic rings. The maximum Gasteiger partial charge on any atom is 0.420 e. The van der Waals surface area contributed by atoms with E-state index in [9.17, 15) is 28.4 Å². The molecule has 1 fully saturated rings. The number of nitrogens with one attached hydrogen (secondary N) is 1. The van der Waals surface area contributed by atoms with Gasteiger partial charge in [0.2, 0.25) is 6.10 Å². The first-order valence-corrected chi connectivity index (χ1v) is 15.6. The molecule has 3 N–H and O–H groups in total. The summed E-state index contributed by atoms with van der Waals surface area (Å²) in [6, 6.07) is 7.98. The molecule has 14 nitrogen and oxygen atoms in total. The van der Waals surface area contributed by atoms with Crippen LogP contribution in [0.1, 0.15) is 67.9 Å². The van der Waals surface area contributed by atoms with Crippen LogP contribution in [-0.4, -0.2) is 77.5 Å². The van der Waals surface area contributed by atoms with Crippen molar-refractivity contribution in [3.8, 4) is 5.75 Å². The predicted octanol–water partition coefficient (Wildman–Crippen LogP) is 5.17. The van der Waals surface area contributed by atoms with Gasteiger partial charge in [0.1, 0.15) is 22.8 Å². The van der Waals surface area contributed by atoms with E-state index in [0.717, 1.165) is 17.9 Å². The largest absolute Gasteiger partial charge is 0.489 e. The molecule has 1 aliphatic rings. The molecule has 1 aliphatic heterocycles. The van der Waals surface area contributed by atoms with Crippen molar-refractivity contribution in [1.82, 2.24) is 4.90 Å². The number of imide groups is 1. The van der Waals surface area contributed by atoms with E-state index in [-0.39, 0.29) is 54.2 Å². The highest BCUT2D eigenvalue weighted by atomic mass is 19.1. The highest BCUT2D eigenvalue weighted by molar-refractivity contribution is 6.05. The normalized spacial score (nSPS) is 15.7. The summed E-state index contributed by atoms with van der Waals surface area (Å²) in [6.45, 7) is 14.0. The zero-order chi connectivity index (χ0) is 36.8. The van der Waals surface area contributed by atoms with Crippen LogP contribution in [0, 0.1) is 5.82 Å². The van der Waals surface area contributed by atoms with Crippen molar-refractivity contribution in [2.45, 2.75) is 98.4 Å². The van der Waals surface area contributed by atoms with E-state index in [0.29, 0.717) is 0 Å². The van der Waals surface area contributed by atoms with Gasteiger partial charge in [0.05, 0.1) is 24.9 Å². The molecule has 0 unspecified atom stereocenters. The van der Waals surface area contributed by atoms with Gasteiger partial charge in [-0.2, -0.15) is 0 Å². The number of rotatable bonds is 9. The average Bonchev–Trinajstić information content (AvgIpc) is 2.95. The quantitative estimate of drug-likeness (QED) is 0.202. The number of nitrogen functional groups attached to an aromatic ring is 1. The molecular formula is C34H45FN4O10. The lowest BCUT2D eigenvalue weighted by atomic mass is 10.1. The summed E-state index contributed by atoms with van der Waals surface area (Å²) in [7, 11) is 0. The van der Waals surface area contributed by atoms with E-state index in [1.165, 1.54) is 35.2 Å². The Morgan fingerprint density at radius 3 is 2.18 bits per heavy atom. The van der Waals surface area contributed by atoms with E-state index < -0.39 is 59.2 Å². The Kier molecular flexibility index (Phi) is 12.2. The summed E-state index contributed by atoms with van der Waals surface area (Å²) < 4.78 is 41.8. The van der Waals surface area contributed by atoms with E-state index >= 15 is 0 Å². The molecule has 1 saturated heterocycles. The summed E-state index contributed by atoms with van der Waals surface area (Å²) in [5, 5.41) is 2.58. The zero-order valence-corrected chi connectivity index (χ0v) is 29.2. The second-order valence-corrected chi connectivity index (χ2v) is 13.5. The third kappa shape index (κ3) is 11.1. The molecule has 2 atom stereocenters. The smallest absolute Gasteiger partial charge is 0.420 e. The molecule has 268 valence electrons. The fraction of sp³-hybridized carbons (Fsp3) is 0.500. The van der Waals surface area contributed by atoms with E-state index in [1.54, 1.807) is 55.4 Å². The number of amides is 4. The number of nitrogens with two attached hydrogens (primary N) is 1. The third-order valence-corrected chi connectivity index (χ3v) is 6.49. The first-order valence-electron chi connectivity index (χ1n) is 15.6. The van der Waals surface area contributed by atoms with Crippen molar-refractivity contribution in [2.75, 3.05) is 29.1 Å². The van der Waals surface area contributed by atoms with Gasteiger partial charge in [0, 0.05) is 30.9 Å². The van der Waals surface area contributed by atoms with Crippen LogP contribution >= 0.6 is 0 Å². The predicted molar refractivity (Wildman–Crippen MR) is 177 cm³/mol. The van der Waals surface area contributed by atoms with Gasteiger partial charge in [-0.25, -0.2) is 18.9 Å². The van der Waals surface area contributed by atoms with Gasteiger partial charge in [0.15, 0.2) is 6.10 Å². The Bertz CT molecular complexity index is 1540. The monoisotopic (exact) mass is 688 g/mol. The van der Waals surface area contributed by atoms with Crippen LogP contribution in [-0.2, 0) is 39.9 Å². The number of benzene rings is 2. The lowest BCUT2D eigenvalue weighted by Gasteiger charge is -2.36. The highest BCUT2D eigenvalue weighted by Gasteiger charge is 2.43. The van der Waals surface area contributed by atoms with Crippen LogP contribution in [0.4, 0.5) is 31.0 Å². The topological polar surface area (TPSA) is 176 Å². The van der Waals surface area contributed by atoms with Crippen molar-refractivity contribution in [3.63, 3.8) is 0 Å². The summed E-state index contributed by atoms with van der Waals surface area (Å²) in [5.41, 5.74) is 4.97. The maximum atomic E-state index is 14.3. The van der Waals surface area contributed by atoms with Gasteiger partial charge in [0.25, 0.3) is 11.8 Å². The number of ether oxygens (including phenoxy) is 5. The zero-order valence-electron chi connectivity index (χ0n) is 29.2. The number of carbonyl (C=O) groups is 5. The van der Waals surface area contributed by atoms with Crippen LogP contribution in [0.3, 0.4) is 0 Å². The van der Waals surface area contributed by atoms with Crippen LogP contribution in [0.15, 0.2) is 36.4 Å². The van der Waals surface area contributed by atoms with E-state index in [4.69, 9.17) is 29.4 Å². The molecule has 2 aromatic carbocycles. The molecule has 3 rings (SSSR count). The second kappa shape index (κ2) is 15.5. The Morgan fingerprint density at radius 2 is 1.63 bits per heavy atom. The minimum absolute atomic E-state index is 0.00870. The number of nitrogens with zero attached hydrogens (tertiary/aromatic N) is 2. The van der Waals surface area contributed by atoms with Crippen molar-refractivity contribution >= 4 is 47.0 Å². The highest BCUT2D eigenvalue weighted by Crippen LogP contribution is 2.33. The van der Waals surface area contributed by atoms with Crippen molar-refractivity contribution in [3.05, 3.63) is 47.8 Å². The van der Waals surface area contributed by atoms with Crippen LogP contribution in [0.5, 0.6) is 5.75 Å². The molecule has 0 aromatic heterocycles. The molecule has 1 heterocycles. The second-order valence-electron chi connectivity index (χ2n) is 13.5. The van der Waals surface area contributed by atoms with Crippen molar-refractivity contribution in [2.24, 2.45) is 0 Å². The lowest BCUT2D eigenvalue weighted by molar-refractivity contribution is -0.167. The fourth-order valence-corrected chi connectivity index (χ4v) is 4.59. The molecular weight excluding hydrogens is 643 g/mol. The Morgan fingerprint density at radius 1 is 1.02 bits per heavy atom. The van der Waals surface area contributed by atoms with Gasteiger partial charge in [-0.1, -0.05) is 0 Å². The number of carbonyl (C=O) groups excluding carboxylic acids is 5. The SMILES string of the molecule is CC(=O)O[C@@H](C(=O)Nc1ccc(N)c(CN(C(=O)OC(C)(C)C)C(=O)OC(C)(C)C)c1)[C@H]1OCCN(c2cc(F)ccc2OC(C)C)C1=O. The summed E-state index contributed by atoms with van der Waals surface area (Å²) in [4.78, 5) is 67.5. The maximum absolute atomic E-state index is 14.3. The Labute approximate surface area is 284 Å². The number of morpholine rings is 1. The van der Waals surface area contributed by atoms with Gasteiger partial charge < -0.3 is 39.6 Å². The molecule has 49 heavy (non-hydrogen) atoms. The van der Waals surface area contributed by atoms with E-state index in [2.05, 4.69) is 5.32 Å². The third-order valence-electron chi connectivity index (χ3n) is 6.49. The standard InChI is InChI=1S/C34H45FN4O10/c1-19(2)46-26-13-10-22(35)17-25(26)38-14-15-45-28(30(38)42)27(47-20(3)40)29(41)37-23-11-12-24(36)21(16-23)18-39(31(43)48-33(4,5)6)32(44)49-34(7,8)9/h10-13,16-17,19,27-28H,14-15,18,36H2,1-9H3,(H,37,41)/t27-,28-/m1/s1. The van der Waals surface area contributed by atoms with Crippen LogP contribution in [0.25, 0.3) is 0 Å². The minimum Gasteiger partial charge on any atom is -0.489 e. The Hall–Kier alpha value is -4.92. The van der Waals surface area contributed by atoms with Crippen molar-refractivity contribution in [1.29, 1.82) is 0 Å². The summed E-state index contributed by atoms with van der Waals surface area (Å²) in [5.74, 6) is -2.95. The first kappa shape index (κ1) is 38.5. The molecule has 0 spiro atoms. The number of esters is 1. The van der Waals surface area contributed by atoms with Gasteiger partial charge in [-0.05, 0) is 91.3 Å². The molecule has 0 aliphatic carbocycles. The number of halogens is 1.